The van der Waals surface area contributed by atoms with E-state index in [4.69, 9.17) is 0 Å². The number of carbonyl (C=O) groups is 2. The van der Waals surface area contributed by atoms with Crippen molar-refractivity contribution in [2.45, 2.75) is 44.9 Å². The highest BCUT2D eigenvalue weighted by atomic mass is 16.2. The predicted octanol–water partition coefficient (Wildman–Crippen LogP) is 4.21. The van der Waals surface area contributed by atoms with Gasteiger partial charge in [-0.2, -0.15) is 0 Å². The first-order valence-electron chi connectivity index (χ1n) is 9.61. The van der Waals surface area contributed by atoms with Crippen LogP contribution in [0.1, 0.15) is 42.4 Å². The highest BCUT2D eigenvalue weighted by molar-refractivity contribution is 5.97. The van der Waals surface area contributed by atoms with Crippen LogP contribution in [0.25, 0.3) is 0 Å². The Labute approximate surface area is 161 Å². The van der Waals surface area contributed by atoms with E-state index in [1.165, 1.54) is 0 Å². The molecular formula is C23H28N2O2. The van der Waals surface area contributed by atoms with E-state index in [1.807, 2.05) is 62.4 Å². The van der Waals surface area contributed by atoms with Crippen molar-refractivity contribution >= 4 is 17.5 Å². The van der Waals surface area contributed by atoms with Crippen LogP contribution in [0.5, 0.6) is 0 Å². The van der Waals surface area contributed by atoms with Gasteiger partial charge in [-0.25, -0.2) is 0 Å². The largest absolute Gasteiger partial charge is 0.336 e. The quantitative estimate of drug-likeness (QED) is 0.864. The first-order chi connectivity index (χ1) is 12.9. The summed E-state index contributed by atoms with van der Waals surface area (Å²) < 4.78 is 0. The highest BCUT2D eigenvalue weighted by Crippen LogP contribution is 2.42. The van der Waals surface area contributed by atoms with E-state index in [2.05, 4.69) is 5.32 Å². The van der Waals surface area contributed by atoms with Gasteiger partial charge in [-0.1, -0.05) is 61.4 Å². The maximum absolute atomic E-state index is 13.3. The van der Waals surface area contributed by atoms with Crippen molar-refractivity contribution in [1.82, 2.24) is 4.90 Å². The Bertz CT molecular complexity index is 803. The molecule has 2 aromatic rings. The summed E-state index contributed by atoms with van der Waals surface area (Å²) in [5.74, 6) is -0.118. The minimum Gasteiger partial charge on any atom is -0.336 e. The van der Waals surface area contributed by atoms with Gasteiger partial charge >= 0.3 is 0 Å². The molecule has 0 unspecified atom stereocenters. The molecule has 1 fully saturated rings. The van der Waals surface area contributed by atoms with Gasteiger partial charge in [0, 0.05) is 12.7 Å². The van der Waals surface area contributed by atoms with Crippen molar-refractivity contribution in [3.05, 3.63) is 65.2 Å². The summed E-state index contributed by atoms with van der Waals surface area (Å²) in [6, 6.07) is 15.9. The standard InChI is InChI=1S/C23H28N2O2/c1-17-10-9-11-18(2)21(17)24-20(26)16-25(3)22(27)23(14-7-8-15-23)19-12-5-4-6-13-19/h4-6,9-13H,7-8,14-16H2,1-3H3,(H,24,26). The lowest BCUT2D eigenvalue weighted by Crippen LogP contribution is -2.46. The van der Waals surface area contributed by atoms with Crippen molar-refractivity contribution in [2.75, 3.05) is 18.9 Å². The number of rotatable bonds is 5. The van der Waals surface area contributed by atoms with Crippen LogP contribution in [0.3, 0.4) is 0 Å². The van der Waals surface area contributed by atoms with Crippen molar-refractivity contribution in [3.63, 3.8) is 0 Å². The number of anilines is 1. The molecule has 27 heavy (non-hydrogen) atoms. The summed E-state index contributed by atoms with van der Waals surface area (Å²) in [7, 11) is 1.73. The molecule has 1 aliphatic carbocycles. The third-order valence-electron chi connectivity index (χ3n) is 5.67. The number of hydrogen-bond donors (Lipinski definition) is 1. The second kappa shape index (κ2) is 7.95. The van der Waals surface area contributed by atoms with Gasteiger partial charge < -0.3 is 10.2 Å². The Balaban J connectivity index is 1.74. The van der Waals surface area contributed by atoms with Gasteiger partial charge in [0.15, 0.2) is 0 Å². The van der Waals surface area contributed by atoms with E-state index in [0.717, 1.165) is 48.1 Å². The third-order valence-corrected chi connectivity index (χ3v) is 5.67. The van der Waals surface area contributed by atoms with Gasteiger partial charge in [0.25, 0.3) is 0 Å². The Morgan fingerprint density at radius 3 is 2.15 bits per heavy atom. The molecule has 1 aliphatic rings. The van der Waals surface area contributed by atoms with Crippen LogP contribution in [0.4, 0.5) is 5.69 Å². The molecule has 2 aromatic carbocycles. The molecule has 3 rings (SSSR count). The number of hydrogen-bond acceptors (Lipinski definition) is 2. The molecular weight excluding hydrogens is 336 g/mol. The summed E-state index contributed by atoms with van der Waals surface area (Å²) in [5, 5.41) is 2.97. The molecule has 1 saturated carbocycles. The zero-order valence-corrected chi connectivity index (χ0v) is 16.4. The van der Waals surface area contributed by atoms with Crippen LogP contribution in [0.15, 0.2) is 48.5 Å². The molecule has 142 valence electrons. The number of para-hydroxylation sites is 1. The van der Waals surface area contributed by atoms with Gasteiger partial charge in [-0.3, -0.25) is 9.59 Å². The molecule has 0 heterocycles. The lowest BCUT2D eigenvalue weighted by Gasteiger charge is -2.32. The fourth-order valence-corrected chi connectivity index (χ4v) is 4.20. The Hall–Kier alpha value is -2.62. The van der Waals surface area contributed by atoms with Gasteiger partial charge in [-0.15, -0.1) is 0 Å². The summed E-state index contributed by atoms with van der Waals surface area (Å²) in [4.78, 5) is 27.5. The van der Waals surface area contributed by atoms with Crippen LogP contribution in [-0.4, -0.2) is 30.3 Å². The van der Waals surface area contributed by atoms with Crippen LogP contribution in [-0.2, 0) is 15.0 Å². The van der Waals surface area contributed by atoms with E-state index in [1.54, 1.807) is 11.9 Å². The second-order valence-corrected chi connectivity index (χ2v) is 7.63. The minimum absolute atomic E-state index is 0.0443. The molecule has 0 aromatic heterocycles. The second-order valence-electron chi connectivity index (χ2n) is 7.63. The maximum Gasteiger partial charge on any atom is 0.243 e. The average molecular weight is 364 g/mol. The Kier molecular flexibility index (Phi) is 5.64. The molecule has 0 radical (unpaired) electrons. The number of nitrogens with zero attached hydrogens (tertiary/aromatic N) is 1. The maximum atomic E-state index is 13.3. The van der Waals surface area contributed by atoms with Crippen LogP contribution in [0.2, 0.25) is 0 Å². The Morgan fingerprint density at radius 2 is 1.56 bits per heavy atom. The number of benzene rings is 2. The smallest absolute Gasteiger partial charge is 0.243 e. The topological polar surface area (TPSA) is 49.4 Å². The zero-order valence-electron chi connectivity index (χ0n) is 16.4. The number of aryl methyl sites for hydroxylation is 2. The number of nitrogens with one attached hydrogen (secondary N) is 1. The molecule has 0 bridgehead atoms. The van der Waals surface area contributed by atoms with Gasteiger partial charge in [-0.05, 0) is 43.4 Å². The monoisotopic (exact) mass is 364 g/mol. The fraction of sp³-hybridized carbons (Fsp3) is 0.391. The van der Waals surface area contributed by atoms with E-state index < -0.39 is 5.41 Å². The van der Waals surface area contributed by atoms with Crippen LogP contribution in [0, 0.1) is 13.8 Å². The average Bonchev–Trinajstić information content (AvgIpc) is 3.16. The van der Waals surface area contributed by atoms with Crippen molar-refractivity contribution in [3.8, 4) is 0 Å². The van der Waals surface area contributed by atoms with Gasteiger partial charge in [0.2, 0.25) is 11.8 Å². The predicted molar refractivity (Wildman–Crippen MR) is 109 cm³/mol. The number of carbonyl (C=O) groups excluding carboxylic acids is 2. The molecule has 2 amide bonds. The first kappa shape index (κ1) is 19.2. The molecule has 4 heteroatoms. The zero-order chi connectivity index (χ0) is 19.4. The molecule has 1 N–H and O–H groups in total. The summed E-state index contributed by atoms with van der Waals surface area (Å²) in [6.07, 6.45) is 3.78. The van der Waals surface area contributed by atoms with Crippen molar-refractivity contribution in [2.24, 2.45) is 0 Å². The number of likely N-dealkylation sites (N-methyl/N-ethyl adjacent to an activating group) is 1. The summed E-state index contributed by atoms with van der Waals surface area (Å²) in [6.45, 7) is 4.00. The summed E-state index contributed by atoms with van der Waals surface area (Å²) in [5.41, 5.74) is 3.45. The summed E-state index contributed by atoms with van der Waals surface area (Å²) >= 11 is 0. The van der Waals surface area contributed by atoms with E-state index >= 15 is 0 Å². The SMILES string of the molecule is Cc1cccc(C)c1NC(=O)CN(C)C(=O)C1(c2ccccc2)CCCC1. The molecule has 0 atom stereocenters. The molecule has 0 spiro atoms. The van der Waals surface area contributed by atoms with E-state index in [-0.39, 0.29) is 18.4 Å². The van der Waals surface area contributed by atoms with Gasteiger partial charge in [0.1, 0.15) is 0 Å². The molecule has 0 saturated heterocycles. The third kappa shape index (κ3) is 3.90. The lowest BCUT2D eigenvalue weighted by molar-refractivity contribution is -0.138. The van der Waals surface area contributed by atoms with E-state index in [0.29, 0.717) is 0 Å². The number of amides is 2. The highest BCUT2D eigenvalue weighted by Gasteiger charge is 2.44. The van der Waals surface area contributed by atoms with Crippen molar-refractivity contribution < 1.29 is 9.59 Å². The Morgan fingerprint density at radius 1 is 0.963 bits per heavy atom. The van der Waals surface area contributed by atoms with Crippen LogP contribution >= 0.6 is 0 Å². The first-order valence-corrected chi connectivity index (χ1v) is 9.61. The molecule has 4 nitrogen and oxygen atoms in total. The normalized spacial score (nSPS) is 15.4. The van der Waals surface area contributed by atoms with Gasteiger partial charge in [0.05, 0.1) is 12.0 Å². The van der Waals surface area contributed by atoms with Crippen LogP contribution < -0.4 is 5.32 Å². The minimum atomic E-state index is -0.491. The van der Waals surface area contributed by atoms with Crippen molar-refractivity contribution in [1.29, 1.82) is 0 Å². The lowest BCUT2D eigenvalue weighted by atomic mass is 9.77. The molecule has 0 aliphatic heterocycles. The van der Waals surface area contributed by atoms with E-state index in [9.17, 15) is 9.59 Å². The fourth-order valence-electron chi connectivity index (χ4n) is 4.20.